The highest BCUT2D eigenvalue weighted by molar-refractivity contribution is 7.73. The summed E-state index contributed by atoms with van der Waals surface area (Å²) in [5.41, 5.74) is 0.998. The van der Waals surface area contributed by atoms with Crippen molar-refractivity contribution in [3.8, 4) is 5.88 Å². The summed E-state index contributed by atoms with van der Waals surface area (Å²) in [6, 6.07) is 4.17. The van der Waals surface area contributed by atoms with Crippen molar-refractivity contribution in [2.24, 2.45) is 10.2 Å². The largest absolute Gasteiger partial charge is 0.493 e. The molecule has 1 aromatic heterocycles. The first-order valence-electron chi connectivity index (χ1n) is 8.16. The molecule has 0 saturated carbocycles. The number of hydrogen-bond donors (Lipinski definition) is 3. The average Bonchev–Trinajstić information content (AvgIpc) is 3.24. The summed E-state index contributed by atoms with van der Waals surface area (Å²) >= 11 is 5.99. The van der Waals surface area contributed by atoms with Crippen LogP contribution in [0.15, 0.2) is 40.0 Å². The van der Waals surface area contributed by atoms with Gasteiger partial charge in [-0.2, -0.15) is 5.10 Å². The van der Waals surface area contributed by atoms with E-state index in [1.54, 1.807) is 6.07 Å². The van der Waals surface area contributed by atoms with Gasteiger partial charge in [-0.25, -0.2) is 4.79 Å². The molecule has 0 saturated heterocycles. The third-order valence-electron chi connectivity index (χ3n) is 4.05. The van der Waals surface area contributed by atoms with Gasteiger partial charge in [-0.1, -0.05) is 12.1 Å². The number of nitro benzene ring substituents is 1. The van der Waals surface area contributed by atoms with E-state index in [0.717, 1.165) is 15.9 Å². The molecular weight excluding hydrogens is 436 g/mol. The summed E-state index contributed by atoms with van der Waals surface area (Å²) in [5.74, 6) is -3.33. The molecule has 0 aliphatic carbocycles. The van der Waals surface area contributed by atoms with E-state index in [0.29, 0.717) is 16.8 Å². The molecule has 2 aromatic rings. The molecular formula is C17H12N4O7S2. The standard InChI is InChI=1S/C17H12N4O7S2/c22-13(23)6-11(16(25)26)20-15(24)12(30-17(20)29)5-9-7-18-19-14(9)8-2-1-3-10(4-8)21(27)28/h1-5,7,11,24H,6H2,(H,22,23)(H,25,26)/b9-5-. The van der Waals surface area contributed by atoms with Crippen molar-refractivity contribution in [3.05, 3.63) is 54.3 Å². The molecule has 1 aliphatic rings. The first-order valence-corrected chi connectivity index (χ1v) is 9.38. The average molecular weight is 448 g/mol. The molecule has 0 radical (unpaired) electrons. The number of rotatable bonds is 7. The molecule has 3 N–H and O–H groups in total. The molecule has 30 heavy (non-hydrogen) atoms. The quantitative estimate of drug-likeness (QED) is 0.330. The zero-order valence-electron chi connectivity index (χ0n) is 14.8. The van der Waals surface area contributed by atoms with E-state index >= 15 is 0 Å². The van der Waals surface area contributed by atoms with Crippen molar-refractivity contribution >= 4 is 59.2 Å². The number of aromatic nitrogens is 1. The molecule has 1 aliphatic heterocycles. The van der Waals surface area contributed by atoms with Gasteiger partial charge >= 0.3 is 11.9 Å². The Hall–Kier alpha value is -3.71. The number of nitro groups is 1. The molecule has 0 fully saturated rings. The van der Waals surface area contributed by atoms with Gasteiger partial charge in [-0.15, -0.1) is 16.4 Å². The van der Waals surface area contributed by atoms with Crippen LogP contribution in [0.4, 0.5) is 5.69 Å². The van der Waals surface area contributed by atoms with Crippen molar-refractivity contribution in [2.45, 2.75) is 12.5 Å². The maximum absolute atomic E-state index is 11.5. The van der Waals surface area contributed by atoms with Gasteiger partial charge in [-0.05, 0) is 18.3 Å². The number of carboxylic acid groups (broad SMARTS) is 2. The Bertz CT molecular complexity index is 1210. The third kappa shape index (κ3) is 4.16. The van der Waals surface area contributed by atoms with E-state index in [-0.39, 0.29) is 14.5 Å². The van der Waals surface area contributed by atoms with Gasteiger partial charge in [0.25, 0.3) is 5.69 Å². The number of allylic oxidation sites excluding steroid dienone is 1. The minimum Gasteiger partial charge on any atom is -0.493 e. The minimum absolute atomic E-state index is 0.0308. The first kappa shape index (κ1) is 21.0. The Labute approximate surface area is 176 Å². The van der Waals surface area contributed by atoms with Crippen molar-refractivity contribution in [1.82, 2.24) is 4.57 Å². The molecule has 1 unspecified atom stereocenters. The highest BCUT2D eigenvalue weighted by Crippen LogP contribution is 2.33. The number of thiazole rings is 1. The molecule has 0 spiro atoms. The Morgan fingerprint density at radius 1 is 1.37 bits per heavy atom. The first-order chi connectivity index (χ1) is 14.2. The van der Waals surface area contributed by atoms with Crippen molar-refractivity contribution in [3.63, 3.8) is 0 Å². The number of aromatic hydroxyl groups is 1. The Morgan fingerprint density at radius 2 is 2.10 bits per heavy atom. The van der Waals surface area contributed by atoms with Crippen LogP contribution in [0.1, 0.15) is 22.9 Å². The van der Waals surface area contributed by atoms with Crippen LogP contribution >= 0.6 is 23.6 Å². The number of benzene rings is 1. The number of non-ortho nitro benzene ring substituents is 1. The van der Waals surface area contributed by atoms with Gasteiger partial charge in [0.1, 0.15) is 11.8 Å². The van der Waals surface area contributed by atoms with Crippen molar-refractivity contribution < 1.29 is 29.8 Å². The van der Waals surface area contributed by atoms with Crippen LogP contribution in [-0.2, 0) is 9.59 Å². The van der Waals surface area contributed by atoms with Crippen LogP contribution in [0.2, 0.25) is 0 Å². The highest BCUT2D eigenvalue weighted by atomic mass is 32.1. The van der Waals surface area contributed by atoms with Crippen LogP contribution in [0.5, 0.6) is 5.88 Å². The van der Waals surface area contributed by atoms with Crippen LogP contribution < -0.4 is 0 Å². The second-order valence-electron chi connectivity index (χ2n) is 5.98. The number of hydrogen-bond acceptors (Lipinski definition) is 9. The summed E-state index contributed by atoms with van der Waals surface area (Å²) in [6.45, 7) is 0. The van der Waals surface area contributed by atoms with Gasteiger partial charge in [0.2, 0.25) is 5.88 Å². The number of carboxylic acids is 2. The van der Waals surface area contributed by atoms with E-state index in [9.17, 15) is 29.9 Å². The normalized spacial score (nSPS) is 15.2. The van der Waals surface area contributed by atoms with Crippen LogP contribution in [0, 0.1) is 14.1 Å². The number of aliphatic carboxylic acids is 2. The summed E-state index contributed by atoms with van der Waals surface area (Å²) in [5, 5.41) is 47.6. The lowest BCUT2D eigenvalue weighted by molar-refractivity contribution is -0.384. The number of carbonyl (C=O) groups is 2. The van der Waals surface area contributed by atoms with E-state index < -0.39 is 35.2 Å². The van der Waals surface area contributed by atoms with E-state index in [1.807, 2.05) is 0 Å². The summed E-state index contributed by atoms with van der Waals surface area (Å²) in [4.78, 5) is 33.1. The summed E-state index contributed by atoms with van der Waals surface area (Å²) in [6.07, 6.45) is 2.04. The zero-order chi connectivity index (χ0) is 22.0. The van der Waals surface area contributed by atoms with E-state index in [1.165, 1.54) is 30.5 Å². The second kappa shape index (κ2) is 8.34. The molecule has 13 heteroatoms. The Morgan fingerprint density at radius 3 is 2.73 bits per heavy atom. The minimum atomic E-state index is -1.58. The topological polar surface area (TPSA) is 168 Å². The van der Waals surface area contributed by atoms with Crippen LogP contribution in [0.25, 0.3) is 6.08 Å². The molecule has 11 nitrogen and oxygen atoms in total. The van der Waals surface area contributed by atoms with Gasteiger partial charge in [0.15, 0.2) is 3.95 Å². The summed E-state index contributed by atoms with van der Waals surface area (Å²) < 4.78 is 0.829. The Kier molecular flexibility index (Phi) is 5.84. The Balaban J connectivity index is 2.02. The number of nitrogens with zero attached hydrogens (tertiary/aromatic N) is 4. The fourth-order valence-corrected chi connectivity index (χ4v) is 4.08. The lowest BCUT2D eigenvalue weighted by Gasteiger charge is -2.12. The van der Waals surface area contributed by atoms with Crippen molar-refractivity contribution in [2.75, 3.05) is 0 Å². The zero-order valence-corrected chi connectivity index (χ0v) is 16.5. The molecule has 154 valence electrons. The van der Waals surface area contributed by atoms with Gasteiger partial charge < -0.3 is 15.3 Å². The van der Waals surface area contributed by atoms with E-state index in [2.05, 4.69) is 10.2 Å². The lowest BCUT2D eigenvalue weighted by atomic mass is 10.0. The fraction of sp³-hybridized carbons (Fsp3) is 0.118. The molecule has 1 atom stereocenters. The monoisotopic (exact) mass is 448 g/mol. The maximum Gasteiger partial charge on any atom is 0.327 e. The molecule has 2 heterocycles. The SMILES string of the molecule is O=C(O)CC(C(=O)O)n1c(O)c(/C=C2/C=NN=C2c2cccc([N+](=O)[O-])c2)sc1=S. The van der Waals surface area contributed by atoms with Gasteiger partial charge in [-0.3, -0.25) is 19.5 Å². The van der Waals surface area contributed by atoms with E-state index in [4.69, 9.17) is 17.3 Å². The summed E-state index contributed by atoms with van der Waals surface area (Å²) in [7, 11) is 0. The molecule has 3 rings (SSSR count). The lowest BCUT2D eigenvalue weighted by Crippen LogP contribution is -2.22. The second-order valence-corrected chi connectivity index (χ2v) is 7.65. The van der Waals surface area contributed by atoms with Crippen LogP contribution in [0.3, 0.4) is 0 Å². The third-order valence-corrected chi connectivity index (χ3v) is 5.39. The molecule has 1 aromatic carbocycles. The highest BCUT2D eigenvalue weighted by Gasteiger charge is 2.28. The van der Waals surface area contributed by atoms with Crippen molar-refractivity contribution in [1.29, 1.82) is 0 Å². The fourth-order valence-electron chi connectivity index (χ4n) is 2.72. The predicted molar refractivity (Wildman–Crippen MR) is 110 cm³/mol. The van der Waals surface area contributed by atoms with Gasteiger partial charge in [0, 0.05) is 23.3 Å². The molecule has 0 amide bonds. The predicted octanol–water partition coefficient (Wildman–Crippen LogP) is 2.87. The maximum atomic E-state index is 11.5. The molecule has 0 bridgehead atoms. The van der Waals surface area contributed by atoms with Crippen LogP contribution in [-0.4, -0.2) is 48.7 Å². The van der Waals surface area contributed by atoms with Gasteiger partial charge in [0.05, 0.1) is 22.4 Å². The smallest absolute Gasteiger partial charge is 0.327 e.